The quantitative estimate of drug-likeness (QED) is 0.569. The van der Waals surface area contributed by atoms with Crippen LogP contribution < -0.4 is 16.0 Å². The molecule has 1 saturated carbocycles. The van der Waals surface area contributed by atoms with E-state index in [0.29, 0.717) is 18.2 Å². The molecule has 0 bridgehead atoms. The molecule has 1 aliphatic rings. The first-order valence-corrected chi connectivity index (χ1v) is 9.26. The summed E-state index contributed by atoms with van der Waals surface area (Å²) in [6.07, 6.45) is 5.83. The maximum absolute atomic E-state index is 11.7. The minimum Gasteiger partial charge on any atom is -0.355 e. The van der Waals surface area contributed by atoms with Gasteiger partial charge in [-0.3, -0.25) is 9.79 Å². The second kappa shape index (κ2) is 8.82. The molecule has 3 N–H and O–H groups in total. The Morgan fingerprint density at radius 2 is 2.22 bits per heavy atom. The van der Waals surface area contributed by atoms with Gasteiger partial charge >= 0.3 is 0 Å². The number of guanidine groups is 1. The molecular weight excluding hydrogens is 308 g/mol. The molecule has 1 fully saturated rings. The first kappa shape index (κ1) is 17.7. The van der Waals surface area contributed by atoms with Crippen molar-refractivity contribution in [3.8, 4) is 0 Å². The average Bonchev–Trinajstić information content (AvgIpc) is 3.05. The number of amides is 1. The number of aliphatic imine (C=N–C) groups is 1. The maximum Gasteiger partial charge on any atom is 0.251 e. The van der Waals surface area contributed by atoms with Gasteiger partial charge in [-0.25, -0.2) is 0 Å². The molecule has 1 aliphatic carbocycles. The fourth-order valence-corrected chi connectivity index (χ4v) is 3.62. The Bertz CT molecular complexity index is 561. The Morgan fingerprint density at radius 3 is 2.87 bits per heavy atom. The Labute approximate surface area is 142 Å². The molecule has 0 aromatic heterocycles. The highest BCUT2D eigenvalue weighted by molar-refractivity contribution is 7.99. The summed E-state index contributed by atoms with van der Waals surface area (Å²) >= 11 is 1.95. The summed E-state index contributed by atoms with van der Waals surface area (Å²) in [5.74, 6) is 0.755. The van der Waals surface area contributed by atoms with Gasteiger partial charge in [-0.05, 0) is 43.2 Å². The van der Waals surface area contributed by atoms with E-state index < -0.39 is 0 Å². The van der Waals surface area contributed by atoms with Crippen molar-refractivity contribution < 1.29 is 4.79 Å². The lowest BCUT2D eigenvalue weighted by Crippen LogP contribution is -2.42. The third-order valence-corrected chi connectivity index (χ3v) is 5.25. The Kier molecular flexibility index (Phi) is 6.77. The highest BCUT2D eigenvalue weighted by Crippen LogP contribution is 2.27. The van der Waals surface area contributed by atoms with Crippen LogP contribution in [0.3, 0.4) is 0 Å². The van der Waals surface area contributed by atoms with Crippen LogP contribution in [0, 0.1) is 0 Å². The van der Waals surface area contributed by atoms with E-state index in [-0.39, 0.29) is 5.91 Å². The number of nitrogens with zero attached hydrogens (tertiary/aromatic N) is 1. The fourth-order valence-electron chi connectivity index (χ4n) is 2.83. The predicted molar refractivity (Wildman–Crippen MR) is 98.1 cm³/mol. The van der Waals surface area contributed by atoms with Gasteiger partial charge in [0.15, 0.2) is 5.96 Å². The smallest absolute Gasteiger partial charge is 0.251 e. The Morgan fingerprint density at radius 1 is 1.39 bits per heavy atom. The van der Waals surface area contributed by atoms with E-state index in [9.17, 15) is 4.79 Å². The summed E-state index contributed by atoms with van der Waals surface area (Å²) in [5, 5.41) is 10.2. The van der Waals surface area contributed by atoms with Crippen molar-refractivity contribution in [2.75, 3.05) is 20.4 Å². The highest BCUT2D eigenvalue weighted by Gasteiger charge is 2.24. The largest absolute Gasteiger partial charge is 0.355 e. The molecule has 1 aromatic rings. The third kappa shape index (κ3) is 5.16. The second-order valence-electron chi connectivity index (χ2n) is 5.72. The van der Waals surface area contributed by atoms with Crippen LogP contribution in [0.2, 0.25) is 0 Å². The fraction of sp³-hybridized carbons (Fsp3) is 0.529. The standard InChI is InChI=1S/C17H26N4OS/c1-18-16(22)13-6-4-5-12(9-13)11-20-17(19-2)21-14-7-8-15(10-14)23-3/h4-6,9,14-15H,7-8,10-11H2,1-3H3,(H,18,22)(H2,19,20,21). The molecule has 126 valence electrons. The molecule has 2 atom stereocenters. The van der Waals surface area contributed by atoms with Gasteiger partial charge < -0.3 is 16.0 Å². The van der Waals surface area contributed by atoms with Crippen LogP contribution in [0.25, 0.3) is 0 Å². The summed E-state index contributed by atoms with van der Waals surface area (Å²) in [6.45, 7) is 0.642. The minimum atomic E-state index is -0.0663. The first-order valence-electron chi connectivity index (χ1n) is 7.97. The first-order chi connectivity index (χ1) is 11.2. The third-order valence-electron chi connectivity index (χ3n) is 4.16. The van der Waals surface area contributed by atoms with Gasteiger partial charge in [-0.15, -0.1) is 0 Å². The van der Waals surface area contributed by atoms with Gasteiger partial charge in [0.1, 0.15) is 0 Å². The highest BCUT2D eigenvalue weighted by atomic mass is 32.2. The van der Waals surface area contributed by atoms with E-state index in [4.69, 9.17) is 0 Å². The molecule has 0 saturated heterocycles. The monoisotopic (exact) mass is 334 g/mol. The molecule has 1 amide bonds. The number of thioether (sulfide) groups is 1. The SMILES string of the molecule is CN=C(NCc1cccc(C(=O)NC)c1)NC1CCC(SC)C1. The lowest BCUT2D eigenvalue weighted by atomic mass is 10.1. The van der Waals surface area contributed by atoms with Gasteiger partial charge in [-0.2, -0.15) is 11.8 Å². The normalized spacial score (nSPS) is 21.1. The zero-order valence-corrected chi connectivity index (χ0v) is 14.9. The van der Waals surface area contributed by atoms with Crippen LogP contribution in [-0.4, -0.2) is 43.5 Å². The van der Waals surface area contributed by atoms with Crippen LogP contribution in [0.15, 0.2) is 29.3 Å². The molecule has 6 heteroatoms. The van der Waals surface area contributed by atoms with Crippen molar-refractivity contribution in [2.45, 2.75) is 37.1 Å². The van der Waals surface area contributed by atoms with Crippen molar-refractivity contribution in [3.05, 3.63) is 35.4 Å². The van der Waals surface area contributed by atoms with E-state index in [1.54, 1.807) is 14.1 Å². The Hall–Kier alpha value is -1.69. The van der Waals surface area contributed by atoms with Crippen molar-refractivity contribution in [1.82, 2.24) is 16.0 Å². The predicted octanol–water partition coefficient (Wildman–Crippen LogP) is 2.00. The van der Waals surface area contributed by atoms with Gasteiger partial charge in [0.05, 0.1) is 0 Å². The van der Waals surface area contributed by atoms with Crippen LogP contribution >= 0.6 is 11.8 Å². The van der Waals surface area contributed by atoms with Crippen LogP contribution in [-0.2, 0) is 6.54 Å². The van der Waals surface area contributed by atoms with Crippen molar-refractivity contribution >= 4 is 23.6 Å². The van der Waals surface area contributed by atoms with Gasteiger partial charge in [0.25, 0.3) is 5.91 Å². The zero-order chi connectivity index (χ0) is 16.7. The summed E-state index contributed by atoms with van der Waals surface area (Å²) in [4.78, 5) is 16.0. The van der Waals surface area contributed by atoms with E-state index >= 15 is 0 Å². The minimum absolute atomic E-state index is 0.0663. The Balaban J connectivity index is 1.87. The van der Waals surface area contributed by atoms with Gasteiger partial charge in [-0.1, -0.05) is 12.1 Å². The number of hydrogen-bond acceptors (Lipinski definition) is 3. The number of nitrogens with one attached hydrogen (secondary N) is 3. The molecule has 2 unspecified atom stereocenters. The molecule has 23 heavy (non-hydrogen) atoms. The zero-order valence-electron chi connectivity index (χ0n) is 14.1. The molecule has 1 aromatic carbocycles. The summed E-state index contributed by atoms with van der Waals surface area (Å²) in [7, 11) is 3.43. The molecule has 0 spiro atoms. The van der Waals surface area contributed by atoms with Gasteiger partial charge in [0.2, 0.25) is 0 Å². The number of carbonyl (C=O) groups excluding carboxylic acids is 1. The van der Waals surface area contributed by atoms with Gasteiger partial charge in [0, 0.05) is 37.5 Å². The lowest BCUT2D eigenvalue weighted by Gasteiger charge is -2.17. The maximum atomic E-state index is 11.7. The lowest BCUT2D eigenvalue weighted by molar-refractivity contribution is 0.0963. The topological polar surface area (TPSA) is 65.5 Å². The van der Waals surface area contributed by atoms with E-state index in [1.165, 1.54) is 19.3 Å². The molecule has 0 radical (unpaired) electrons. The molecule has 0 aliphatic heterocycles. The summed E-state index contributed by atoms with van der Waals surface area (Å²) in [6, 6.07) is 8.12. The van der Waals surface area contributed by atoms with E-state index in [2.05, 4.69) is 27.2 Å². The van der Waals surface area contributed by atoms with Crippen LogP contribution in [0.5, 0.6) is 0 Å². The average molecular weight is 334 g/mol. The van der Waals surface area contributed by atoms with Crippen LogP contribution in [0.1, 0.15) is 35.2 Å². The molecule has 5 nitrogen and oxygen atoms in total. The number of hydrogen-bond donors (Lipinski definition) is 3. The van der Waals surface area contributed by atoms with E-state index in [1.807, 2.05) is 36.0 Å². The summed E-state index contributed by atoms with van der Waals surface area (Å²) in [5.41, 5.74) is 1.73. The van der Waals surface area contributed by atoms with Crippen LogP contribution in [0.4, 0.5) is 0 Å². The molecular formula is C17H26N4OS. The van der Waals surface area contributed by atoms with Crippen molar-refractivity contribution in [2.24, 2.45) is 4.99 Å². The number of carbonyl (C=O) groups is 1. The number of benzene rings is 1. The van der Waals surface area contributed by atoms with E-state index in [0.717, 1.165) is 16.8 Å². The molecule has 2 rings (SSSR count). The summed E-state index contributed by atoms with van der Waals surface area (Å²) < 4.78 is 0. The second-order valence-corrected chi connectivity index (χ2v) is 6.86. The van der Waals surface area contributed by atoms with Crippen molar-refractivity contribution in [3.63, 3.8) is 0 Å². The van der Waals surface area contributed by atoms with Crippen molar-refractivity contribution in [1.29, 1.82) is 0 Å². The number of rotatable bonds is 5. The molecule has 0 heterocycles.